The van der Waals surface area contributed by atoms with Gasteiger partial charge in [0.05, 0.1) is 6.20 Å². The maximum absolute atomic E-state index is 6.05. The highest BCUT2D eigenvalue weighted by atomic mass is 35.5. The van der Waals surface area contributed by atoms with E-state index in [2.05, 4.69) is 51.8 Å². The van der Waals surface area contributed by atoms with Crippen LogP contribution >= 0.6 is 11.6 Å². The van der Waals surface area contributed by atoms with Gasteiger partial charge in [-0.15, -0.1) is 5.10 Å². The zero-order valence-electron chi connectivity index (χ0n) is 13.8. The van der Waals surface area contributed by atoms with Crippen molar-refractivity contribution in [3.8, 4) is 0 Å². The lowest BCUT2D eigenvalue weighted by molar-refractivity contribution is 0.982. The van der Waals surface area contributed by atoms with Crippen molar-refractivity contribution < 1.29 is 0 Å². The van der Waals surface area contributed by atoms with Crippen LogP contribution in [0.25, 0.3) is 0 Å². The Morgan fingerprint density at radius 3 is 2.46 bits per heavy atom. The van der Waals surface area contributed by atoms with Gasteiger partial charge in [0.25, 0.3) is 0 Å². The van der Waals surface area contributed by atoms with Gasteiger partial charge in [-0.1, -0.05) is 23.7 Å². The lowest BCUT2D eigenvalue weighted by atomic mass is 10.1. The number of benzene rings is 2. The molecule has 0 aliphatic heterocycles. The zero-order chi connectivity index (χ0) is 17.1. The maximum Gasteiger partial charge on any atom is 0.249 e. The highest BCUT2D eigenvalue weighted by molar-refractivity contribution is 6.30. The number of aryl methyl sites for hydroxylation is 3. The Labute approximate surface area is 146 Å². The van der Waals surface area contributed by atoms with Crippen molar-refractivity contribution in [2.75, 3.05) is 10.6 Å². The van der Waals surface area contributed by atoms with Crippen LogP contribution < -0.4 is 10.6 Å². The van der Waals surface area contributed by atoms with Crippen LogP contribution in [0.2, 0.25) is 5.02 Å². The van der Waals surface area contributed by atoms with Gasteiger partial charge >= 0.3 is 0 Å². The molecule has 0 fully saturated rings. The second-order valence-electron chi connectivity index (χ2n) is 5.67. The molecule has 3 aromatic rings. The van der Waals surface area contributed by atoms with Gasteiger partial charge in [0.2, 0.25) is 5.95 Å². The number of halogens is 1. The molecule has 2 aromatic carbocycles. The van der Waals surface area contributed by atoms with Crippen molar-refractivity contribution in [3.63, 3.8) is 0 Å². The summed E-state index contributed by atoms with van der Waals surface area (Å²) < 4.78 is 0. The van der Waals surface area contributed by atoms with Gasteiger partial charge in [0, 0.05) is 16.4 Å². The Morgan fingerprint density at radius 1 is 0.875 bits per heavy atom. The summed E-state index contributed by atoms with van der Waals surface area (Å²) in [6, 6.07) is 11.8. The predicted octanol–water partition coefficient (Wildman–Crippen LogP) is 4.94. The number of rotatable bonds is 4. The van der Waals surface area contributed by atoms with Gasteiger partial charge in [-0.05, 0) is 61.7 Å². The van der Waals surface area contributed by atoms with Crippen LogP contribution in [0.1, 0.15) is 16.7 Å². The van der Waals surface area contributed by atoms with E-state index < -0.39 is 0 Å². The van der Waals surface area contributed by atoms with Gasteiger partial charge in [0.15, 0.2) is 5.82 Å². The second-order valence-corrected chi connectivity index (χ2v) is 6.11. The lowest BCUT2D eigenvalue weighted by Gasteiger charge is -2.10. The summed E-state index contributed by atoms with van der Waals surface area (Å²) in [7, 11) is 0. The molecule has 5 nitrogen and oxygen atoms in total. The Hall–Kier alpha value is -2.66. The Bertz CT molecular complexity index is 879. The summed E-state index contributed by atoms with van der Waals surface area (Å²) in [4.78, 5) is 4.45. The first-order valence-corrected chi connectivity index (χ1v) is 7.96. The van der Waals surface area contributed by atoms with Crippen LogP contribution in [0.5, 0.6) is 0 Å². The molecule has 0 amide bonds. The fourth-order valence-corrected chi connectivity index (χ4v) is 2.40. The summed E-state index contributed by atoms with van der Waals surface area (Å²) in [5.74, 6) is 1.03. The normalized spacial score (nSPS) is 10.5. The minimum atomic E-state index is 0.433. The molecule has 0 saturated carbocycles. The first-order valence-electron chi connectivity index (χ1n) is 7.58. The van der Waals surface area contributed by atoms with Crippen molar-refractivity contribution in [2.45, 2.75) is 20.8 Å². The molecule has 0 saturated heterocycles. The molecule has 0 aliphatic carbocycles. The first-order chi connectivity index (χ1) is 11.5. The first kappa shape index (κ1) is 16.2. The largest absolute Gasteiger partial charge is 0.339 e. The number of hydrogen-bond donors (Lipinski definition) is 2. The molecular weight excluding hydrogens is 322 g/mol. The van der Waals surface area contributed by atoms with E-state index in [-0.39, 0.29) is 0 Å². The molecule has 0 radical (unpaired) electrons. The van der Waals surface area contributed by atoms with Crippen molar-refractivity contribution in [2.24, 2.45) is 0 Å². The minimum Gasteiger partial charge on any atom is -0.339 e. The third kappa shape index (κ3) is 3.81. The molecule has 1 aromatic heterocycles. The van der Waals surface area contributed by atoms with E-state index >= 15 is 0 Å². The highest BCUT2D eigenvalue weighted by Crippen LogP contribution is 2.24. The van der Waals surface area contributed by atoms with E-state index in [0.717, 1.165) is 16.9 Å². The molecule has 0 atom stereocenters. The van der Waals surface area contributed by atoms with Crippen LogP contribution in [0, 0.1) is 20.8 Å². The lowest BCUT2D eigenvalue weighted by Crippen LogP contribution is -2.03. The van der Waals surface area contributed by atoms with Crippen molar-refractivity contribution in [3.05, 3.63) is 64.3 Å². The Kier molecular flexibility index (Phi) is 4.62. The van der Waals surface area contributed by atoms with Crippen LogP contribution in [-0.4, -0.2) is 15.2 Å². The van der Waals surface area contributed by atoms with Crippen LogP contribution in [-0.2, 0) is 0 Å². The van der Waals surface area contributed by atoms with E-state index in [9.17, 15) is 0 Å². The topological polar surface area (TPSA) is 62.7 Å². The summed E-state index contributed by atoms with van der Waals surface area (Å²) in [6.07, 6.45) is 1.58. The Morgan fingerprint density at radius 2 is 1.67 bits per heavy atom. The summed E-state index contributed by atoms with van der Waals surface area (Å²) in [5, 5.41) is 15.1. The average molecular weight is 340 g/mol. The standard InChI is InChI=1S/C18H18ClN5/c1-11-5-7-15(8-13(11)3)21-18-23-17(10-20-24-18)22-16-9-14(19)6-4-12(16)2/h4-10H,1-3H3,(H2,21,22,23,24). The van der Waals surface area contributed by atoms with Gasteiger partial charge in [-0.25, -0.2) is 0 Å². The van der Waals surface area contributed by atoms with Crippen LogP contribution in [0.4, 0.5) is 23.1 Å². The van der Waals surface area contributed by atoms with E-state index in [1.165, 1.54) is 11.1 Å². The predicted molar refractivity (Wildman–Crippen MR) is 98.5 cm³/mol. The van der Waals surface area contributed by atoms with Gasteiger partial charge in [-0.3, -0.25) is 0 Å². The molecule has 2 N–H and O–H groups in total. The van der Waals surface area contributed by atoms with Gasteiger partial charge in [-0.2, -0.15) is 10.1 Å². The van der Waals surface area contributed by atoms with Gasteiger partial charge in [0.1, 0.15) is 0 Å². The van der Waals surface area contributed by atoms with E-state index in [1.807, 2.05) is 31.2 Å². The third-order valence-corrected chi connectivity index (χ3v) is 4.02. The molecule has 122 valence electrons. The summed E-state index contributed by atoms with van der Waals surface area (Å²) >= 11 is 6.05. The molecule has 0 aliphatic rings. The molecule has 24 heavy (non-hydrogen) atoms. The highest BCUT2D eigenvalue weighted by Gasteiger charge is 2.05. The number of aromatic nitrogens is 3. The third-order valence-electron chi connectivity index (χ3n) is 3.78. The number of nitrogens with one attached hydrogen (secondary N) is 2. The minimum absolute atomic E-state index is 0.433. The molecular formula is C18H18ClN5. The van der Waals surface area contributed by atoms with Crippen molar-refractivity contribution in [1.82, 2.24) is 15.2 Å². The van der Waals surface area contributed by atoms with E-state index in [0.29, 0.717) is 16.8 Å². The average Bonchev–Trinajstić information content (AvgIpc) is 2.55. The molecule has 0 spiro atoms. The fraction of sp³-hybridized carbons (Fsp3) is 0.167. The molecule has 6 heteroatoms. The quantitative estimate of drug-likeness (QED) is 0.705. The number of nitrogens with zero attached hydrogens (tertiary/aromatic N) is 3. The number of hydrogen-bond acceptors (Lipinski definition) is 5. The van der Waals surface area contributed by atoms with E-state index in [1.54, 1.807) is 6.20 Å². The Balaban J connectivity index is 1.81. The van der Waals surface area contributed by atoms with E-state index in [4.69, 9.17) is 11.6 Å². The summed E-state index contributed by atoms with van der Waals surface area (Å²) in [6.45, 7) is 6.15. The van der Waals surface area contributed by atoms with Crippen LogP contribution in [0.3, 0.4) is 0 Å². The fourth-order valence-electron chi connectivity index (χ4n) is 2.23. The second kappa shape index (κ2) is 6.84. The van der Waals surface area contributed by atoms with Gasteiger partial charge < -0.3 is 10.6 Å². The number of anilines is 4. The van der Waals surface area contributed by atoms with Crippen molar-refractivity contribution in [1.29, 1.82) is 0 Å². The molecule has 1 heterocycles. The molecule has 0 unspecified atom stereocenters. The van der Waals surface area contributed by atoms with Crippen LogP contribution in [0.15, 0.2) is 42.6 Å². The monoisotopic (exact) mass is 339 g/mol. The SMILES string of the molecule is Cc1ccc(Nc2nncc(Nc3cc(Cl)ccc3C)n2)cc1C. The molecule has 3 rings (SSSR count). The molecule has 0 bridgehead atoms. The van der Waals surface area contributed by atoms with Crippen molar-refractivity contribution >= 4 is 34.7 Å². The summed E-state index contributed by atoms with van der Waals surface area (Å²) in [5.41, 5.74) is 5.33. The smallest absolute Gasteiger partial charge is 0.249 e. The maximum atomic E-state index is 6.05. The zero-order valence-corrected chi connectivity index (χ0v) is 14.5.